The molecule has 0 fully saturated rings. The minimum atomic E-state index is 0.0377. The first-order chi connectivity index (χ1) is 13.6. The SMILES string of the molecule is CCc1cc2c(=O)n(CCCOC)c(SCc3cc(C)ccc3OC)nc2s1. The third kappa shape index (κ3) is 4.59. The fourth-order valence-electron chi connectivity index (χ4n) is 3.06. The van der Waals surface area contributed by atoms with E-state index < -0.39 is 0 Å². The predicted octanol–water partition coefficient (Wildman–Crippen LogP) is 4.67. The standard InChI is InChI=1S/C21H26N2O3S2/c1-5-16-12-17-19(28-16)22-21(23(20(17)24)9-6-10-25-3)27-13-15-11-14(2)7-8-18(15)26-4/h7-8,11-12H,5-6,9-10,13H2,1-4H3. The number of thiophene rings is 1. The number of aromatic nitrogens is 2. The quantitative estimate of drug-likeness (QED) is 0.287. The van der Waals surface area contributed by atoms with Gasteiger partial charge in [0, 0.05) is 36.5 Å². The molecule has 0 N–H and O–H groups in total. The number of methoxy groups -OCH3 is 2. The predicted molar refractivity (Wildman–Crippen MR) is 117 cm³/mol. The van der Waals surface area contributed by atoms with Crippen LogP contribution in [0.1, 0.15) is 29.3 Å². The van der Waals surface area contributed by atoms with Crippen molar-refractivity contribution in [3.05, 3.63) is 50.6 Å². The molecule has 0 saturated heterocycles. The van der Waals surface area contributed by atoms with Crippen LogP contribution in [0.2, 0.25) is 0 Å². The molecule has 0 saturated carbocycles. The molecule has 0 amide bonds. The molecule has 5 nitrogen and oxygen atoms in total. The first-order valence-electron chi connectivity index (χ1n) is 9.35. The minimum Gasteiger partial charge on any atom is -0.496 e. The Morgan fingerprint density at radius 3 is 2.79 bits per heavy atom. The fourth-order valence-corrected chi connectivity index (χ4v) is 5.07. The van der Waals surface area contributed by atoms with Crippen molar-refractivity contribution in [3.8, 4) is 5.75 Å². The molecule has 28 heavy (non-hydrogen) atoms. The van der Waals surface area contributed by atoms with Gasteiger partial charge < -0.3 is 9.47 Å². The molecule has 3 aromatic rings. The molecule has 3 rings (SSSR count). The Hall–Kier alpha value is -1.83. The number of hydrogen-bond donors (Lipinski definition) is 0. The third-order valence-electron chi connectivity index (χ3n) is 4.54. The van der Waals surface area contributed by atoms with Crippen molar-refractivity contribution >= 4 is 33.3 Å². The Morgan fingerprint density at radius 1 is 1.25 bits per heavy atom. The molecule has 0 bridgehead atoms. The zero-order valence-corrected chi connectivity index (χ0v) is 18.4. The molecular formula is C21H26N2O3S2. The van der Waals surface area contributed by atoms with Crippen molar-refractivity contribution in [2.45, 2.75) is 44.1 Å². The van der Waals surface area contributed by atoms with Gasteiger partial charge in [0.1, 0.15) is 10.6 Å². The van der Waals surface area contributed by atoms with Crippen LogP contribution in [0.3, 0.4) is 0 Å². The molecular weight excluding hydrogens is 392 g/mol. The van der Waals surface area contributed by atoms with Gasteiger partial charge in [-0.3, -0.25) is 9.36 Å². The summed E-state index contributed by atoms with van der Waals surface area (Å²) in [5.74, 6) is 1.55. The van der Waals surface area contributed by atoms with Gasteiger partial charge in [0.05, 0.1) is 12.5 Å². The van der Waals surface area contributed by atoms with E-state index in [2.05, 4.69) is 19.9 Å². The monoisotopic (exact) mass is 418 g/mol. The number of aryl methyl sites for hydroxylation is 2. The lowest BCUT2D eigenvalue weighted by Crippen LogP contribution is -2.23. The number of hydrogen-bond acceptors (Lipinski definition) is 6. The van der Waals surface area contributed by atoms with Gasteiger partial charge in [0.2, 0.25) is 0 Å². The van der Waals surface area contributed by atoms with Crippen molar-refractivity contribution in [1.82, 2.24) is 9.55 Å². The fraction of sp³-hybridized carbons (Fsp3) is 0.429. The summed E-state index contributed by atoms with van der Waals surface area (Å²) >= 11 is 3.19. The number of ether oxygens (including phenoxy) is 2. The van der Waals surface area contributed by atoms with Gasteiger partial charge in [-0.05, 0) is 31.9 Å². The first kappa shape index (κ1) is 20.9. The lowest BCUT2D eigenvalue weighted by Gasteiger charge is -2.13. The van der Waals surface area contributed by atoms with E-state index in [1.165, 1.54) is 10.4 Å². The normalized spacial score (nSPS) is 11.3. The molecule has 0 spiro atoms. The van der Waals surface area contributed by atoms with E-state index in [4.69, 9.17) is 14.5 Å². The van der Waals surface area contributed by atoms with Crippen molar-refractivity contribution in [3.63, 3.8) is 0 Å². The van der Waals surface area contributed by atoms with E-state index in [1.807, 2.05) is 18.2 Å². The Balaban J connectivity index is 1.97. The maximum absolute atomic E-state index is 13.1. The van der Waals surface area contributed by atoms with Crippen molar-refractivity contribution < 1.29 is 9.47 Å². The summed E-state index contributed by atoms with van der Waals surface area (Å²) in [5, 5.41) is 1.47. The van der Waals surface area contributed by atoms with Crippen LogP contribution in [0.15, 0.2) is 34.2 Å². The number of thioether (sulfide) groups is 1. The van der Waals surface area contributed by atoms with Gasteiger partial charge in [-0.15, -0.1) is 11.3 Å². The van der Waals surface area contributed by atoms with Gasteiger partial charge in [-0.1, -0.05) is 36.4 Å². The number of rotatable bonds is 9. The zero-order valence-electron chi connectivity index (χ0n) is 16.8. The first-order valence-corrected chi connectivity index (χ1v) is 11.2. The number of fused-ring (bicyclic) bond motifs is 1. The van der Waals surface area contributed by atoms with Crippen LogP contribution in [0.4, 0.5) is 0 Å². The van der Waals surface area contributed by atoms with E-state index in [0.717, 1.165) is 39.5 Å². The van der Waals surface area contributed by atoms with Crippen molar-refractivity contribution in [1.29, 1.82) is 0 Å². The molecule has 2 heterocycles. The summed E-state index contributed by atoms with van der Waals surface area (Å²) in [7, 11) is 3.36. The highest BCUT2D eigenvalue weighted by molar-refractivity contribution is 7.98. The molecule has 0 aliphatic rings. The molecule has 1 aromatic carbocycles. The summed E-state index contributed by atoms with van der Waals surface area (Å²) in [5.41, 5.74) is 2.32. The average molecular weight is 419 g/mol. The van der Waals surface area contributed by atoms with Gasteiger partial charge in [-0.2, -0.15) is 0 Å². The van der Waals surface area contributed by atoms with Crippen molar-refractivity contribution in [2.75, 3.05) is 20.8 Å². The highest BCUT2D eigenvalue weighted by Crippen LogP contribution is 2.30. The topological polar surface area (TPSA) is 53.4 Å². The van der Waals surface area contributed by atoms with E-state index >= 15 is 0 Å². The lowest BCUT2D eigenvalue weighted by molar-refractivity contribution is 0.189. The van der Waals surface area contributed by atoms with Gasteiger partial charge in [0.15, 0.2) is 5.16 Å². The molecule has 0 atom stereocenters. The van der Waals surface area contributed by atoms with Crippen LogP contribution in [0.5, 0.6) is 5.75 Å². The Labute approximate surface area is 173 Å². The van der Waals surface area contributed by atoms with Gasteiger partial charge in [0.25, 0.3) is 5.56 Å². The maximum Gasteiger partial charge on any atom is 0.262 e. The van der Waals surface area contributed by atoms with Crippen molar-refractivity contribution in [2.24, 2.45) is 0 Å². The van der Waals surface area contributed by atoms with Crippen LogP contribution < -0.4 is 10.3 Å². The van der Waals surface area contributed by atoms with Crippen LogP contribution in [0.25, 0.3) is 10.2 Å². The minimum absolute atomic E-state index is 0.0377. The second-order valence-corrected chi connectivity index (χ2v) is 8.64. The number of benzene rings is 1. The molecule has 0 radical (unpaired) electrons. The molecule has 0 unspecified atom stereocenters. The molecule has 7 heteroatoms. The summed E-state index contributed by atoms with van der Waals surface area (Å²) in [6, 6.07) is 8.13. The summed E-state index contributed by atoms with van der Waals surface area (Å²) in [6.45, 7) is 5.38. The van der Waals surface area contributed by atoms with E-state index in [9.17, 15) is 4.79 Å². The smallest absolute Gasteiger partial charge is 0.262 e. The molecule has 0 aliphatic heterocycles. The second-order valence-electron chi connectivity index (χ2n) is 6.59. The third-order valence-corrected chi connectivity index (χ3v) is 6.74. The second kappa shape index (κ2) is 9.58. The van der Waals surface area contributed by atoms with E-state index in [0.29, 0.717) is 18.9 Å². The molecule has 150 valence electrons. The highest BCUT2D eigenvalue weighted by atomic mass is 32.2. The largest absolute Gasteiger partial charge is 0.496 e. The van der Waals surface area contributed by atoms with E-state index in [1.54, 1.807) is 41.9 Å². The van der Waals surface area contributed by atoms with Crippen LogP contribution in [-0.2, 0) is 23.5 Å². The average Bonchev–Trinajstić information content (AvgIpc) is 3.12. The van der Waals surface area contributed by atoms with E-state index in [-0.39, 0.29) is 5.56 Å². The summed E-state index contributed by atoms with van der Waals surface area (Å²) < 4.78 is 12.5. The number of nitrogens with zero attached hydrogens (tertiary/aromatic N) is 2. The Morgan fingerprint density at radius 2 is 2.07 bits per heavy atom. The highest BCUT2D eigenvalue weighted by Gasteiger charge is 2.15. The Kier molecular flexibility index (Phi) is 7.15. The maximum atomic E-state index is 13.1. The lowest BCUT2D eigenvalue weighted by atomic mass is 10.1. The van der Waals surface area contributed by atoms with Crippen LogP contribution in [-0.4, -0.2) is 30.4 Å². The van der Waals surface area contributed by atoms with Gasteiger partial charge in [-0.25, -0.2) is 4.98 Å². The molecule has 0 aliphatic carbocycles. The van der Waals surface area contributed by atoms with Crippen LogP contribution >= 0.6 is 23.1 Å². The van der Waals surface area contributed by atoms with Gasteiger partial charge >= 0.3 is 0 Å². The summed E-state index contributed by atoms with van der Waals surface area (Å²) in [4.78, 5) is 20.0. The Bertz CT molecular complexity index is 1010. The molecule has 2 aromatic heterocycles. The summed E-state index contributed by atoms with van der Waals surface area (Å²) in [6.07, 6.45) is 1.68. The zero-order chi connectivity index (χ0) is 20.1. The van der Waals surface area contributed by atoms with Crippen LogP contribution in [0, 0.1) is 6.92 Å².